The smallest absolute Gasteiger partial charge is 0.244 e. The first-order valence-corrected chi connectivity index (χ1v) is 6.30. The van der Waals surface area contributed by atoms with Crippen LogP contribution in [0.4, 0.5) is 0 Å². The van der Waals surface area contributed by atoms with Gasteiger partial charge in [-0.15, -0.1) is 0 Å². The standard InChI is InChI=1S/C16H18N2O2/c1-13(2)12-20-9-8-18-16(19)7-6-14-4-3-5-15(10-14)11-17/h3-7,10H,1,8-9,12H2,2H3,(H,18,19)/b7-6+. The third-order valence-electron chi connectivity index (χ3n) is 2.34. The van der Waals surface area contributed by atoms with Gasteiger partial charge in [0.15, 0.2) is 0 Å². The predicted molar refractivity (Wildman–Crippen MR) is 78.8 cm³/mol. The lowest BCUT2D eigenvalue weighted by Gasteiger charge is -2.04. The topological polar surface area (TPSA) is 62.1 Å². The predicted octanol–water partition coefficient (Wildman–Crippen LogP) is 2.28. The first-order chi connectivity index (χ1) is 9.61. The molecule has 0 radical (unpaired) electrons. The van der Waals surface area contributed by atoms with E-state index >= 15 is 0 Å². The van der Waals surface area contributed by atoms with E-state index in [1.807, 2.05) is 13.0 Å². The zero-order valence-electron chi connectivity index (χ0n) is 11.6. The third-order valence-corrected chi connectivity index (χ3v) is 2.34. The second-order valence-electron chi connectivity index (χ2n) is 4.37. The van der Waals surface area contributed by atoms with E-state index in [9.17, 15) is 4.79 Å². The van der Waals surface area contributed by atoms with E-state index in [4.69, 9.17) is 10.00 Å². The highest BCUT2D eigenvalue weighted by molar-refractivity contribution is 5.91. The Morgan fingerprint density at radius 3 is 3.05 bits per heavy atom. The first-order valence-electron chi connectivity index (χ1n) is 6.30. The number of rotatable bonds is 7. The molecule has 1 aromatic rings. The molecule has 0 saturated carbocycles. The molecule has 0 bridgehead atoms. The highest BCUT2D eigenvalue weighted by Gasteiger charge is 1.96. The van der Waals surface area contributed by atoms with Crippen LogP contribution < -0.4 is 5.32 Å². The van der Waals surface area contributed by atoms with Gasteiger partial charge in [-0.25, -0.2) is 0 Å². The van der Waals surface area contributed by atoms with Crippen molar-refractivity contribution in [2.45, 2.75) is 6.92 Å². The lowest BCUT2D eigenvalue weighted by molar-refractivity contribution is -0.116. The summed E-state index contributed by atoms with van der Waals surface area (Å²) in [6, 6.07) is 9.11. The van der Waals surface area contributed by atoms with Crippen LogP contribution >= 0.6 is 0 Å². The number of nitrogens with zero attached hydrogens (tertiary/aromatic N) is 1. The summed E-state index contributed by atoms with van der Waals surface area (Å²) in [6.07, 6.45) is 3.11. The summed E-state index contributed by atoms with van der Waals surface area (Å²) in [6.45, 7) is 7.02. The lowest BCUT2D eigenvalue weighted by Crippen LogP contribution is -2.25. The van der Waals surface area contributed by atoms with Gasteiger partial charge in [-0.2, -0.15) is 5.26 Å². The van der Waals surface area contributed by atoms with Crippen molar-refractivity contribution in [3.63, 3.8) is 0 Å². The van der Waals surface area contributed by atoms with Gasteiger partial charge in [-0.05, 0) is 30.7 Å². The molecule has 1 aromatic carbocycles. The number of carbonyl (C=O) groups is 1. The van der Waals surface area contributed by atoms with Gasteiger partial charge in [0.2, 0.25) is 5.91 Å². The molecular weight excluding hydrogens is 252 g/mol. The Kier molecular flexibility index (Phi) is 6.80. The number of carbonyl (C=O) groups excluding carboxylic acids is 1. The van der Waals surface area contributed by atoms with Crippen molar-refractivity contribution in [2.24, 2.45) is 0 Å². The van der Waals surface area contributed by atoms with Gasteiger partial charge in [0.25, 0.3) is 0 Å². The van der Waals surface area contributed by atoms with E-state index in [1.165, 1.54) is 6.08 Å². The van der Waals surface area contributed by atoms with Crippen molar-refractivity contribution in [1.29, 1.82) is 5.26 Å². The molecule has 1 amide bonds. The molecule has 0 spiro atoms. The van der Waals surface area contributed by atoms with Crippen molar-refractivity contribution in [1.82, 2.24) is 5.32 Å². The molecule has 0 aliphatic carbocycles. The number of hydrogen-bond acceptors (Lipinski definition) is 3. The average Bonchev–Trinajstić information content (AvgIpc) is 2.44. The van der Waals surface area contributed by atoms with Crippen LogP contribution in [0, 0.1) is 11.3 Å². The lowest BCUT2D eigenvalue weighted by atomic mass is 10.1. The number of benzene rings is 1. The number of nitrogens with one attached hydrogen (secondary N) is 1. The summed E-state index contributed by atoms with van der Waals surface area (Å²) < 4.78 is 5.26. The van der Waals surface area contributed by atoms with Gasteiger partial charge in [0.05, 0.1) is 24.8 Å². The molecule has 104 valence electrons. The van der Waals surface area contributed by atoms with E-state index in [0.717, 1.165) is 11.1 Å². The van der Waals surface area contributed by atoms with E-state index in [0.29, 0.717) is 25.3 Å². The molecule has 0 atom stereocenters. The first kappa shape index (κ1) is 15.7. The number of nitriles is 1. The quantitative estimate of drug-likeness (QED) is 0.469. The molecular formula is C16H18N2O2. The van der Waals surface area contributed by atoms with Gasteiger partial charge < -0.3 is 10.1 Å². The molecule has 0 heterocycles. The largest absolute Gasteiger partial charge is 0.375 e. The Morgan fingerprint density at radius 2 is 2.35 bits per heavy atom. The van der Waals surface area contributed by atoms with Gasteiger partial charge >= 0.3 is 0 Å². The van der Waals surface area contributed by atoms with Crippen LogP contribution in [0.5, 0.6) is 0 Å². The fraction of sp³-hybridized carbons (Fsp3) is 0.250. The summed E-state index contributed by atoms with van der Waals surface area (Å²) in [7, 11) is 0. The second-order valence-corrected chi connectivity index (χ2v) is 4.37. The summed E-state index contributed by atoms with van der Waals surface area (Å²) >= 11 is 0. The van der Waals surface area contributed by atoms with Crippen molar-refractivity contribution in [2.75, 3.05) is 19.8 Å². The molecule has 0 aliphatic rings. The van der Waals surface area contributed by atoms with Crippen molar-refractivity contribution < 1.29 is 9.53 Å². The van der Waals surface area contributed by atoms with E-state index in [-0.39, 0.29) is 5.91 Å². The van der Waals surface area contributed by atoms with E-state index in [1.54, 1.807) is 24.3 Å². The average molecular weight is 270 g/mol. The molecule has 4 nitrogen and oxygen atoms in total. The Bertz CT molecular complexity index is 542. The maximum absolute atomic E-state index is 11.5. The molecule has 20 heavy (non-hydrogen) atoms. The number of ether oxygens (including phenoxy) is 1. The van der Waals surface area contributed by atoms with Crippen LogP contribution in [0.2, 0.25) is 0 Å². The number of hydrogen-bond donors (Lipinski definition) is 1. The molecule has 0 unspecified atom stereocenters. The Labute approximate surface area is 119 Å². The van der Waals surface area contributed by atoms with Gasteiger partial charge in [-0.1, -0.05) is 24.3 Å². The Hall–Kier alpha value is -2.38. The van der Waals surface area contributed by atoms with Crippen LogP contribution in [0.1, 0.15) is 18.1 Å². The van der Waals surface area contributed by atoms with Crippen molar-refractivity contribution in [3.8, 4) is 6.07 Å². The normalized spacial score (nSPS) is 10.2. The van der Waals surface area contributed by atoms with Crippen molar-refractivity contribution in [3.05, 3.63) is 53.6 Å². The molecule has 1 rings (SSSR count). The highest BCUT2D eigenvalue weighted by Crippen LogP contribution is 2.05. The minimum absolute atomic E-state index is 0.189. The van der Waals surface area contributed by atoms with Gasteiger partial charge in [-0.3, -0.25) is 4.79 Å². The minimum Gasteiger partial charge on any atom is -0.375 e. The maximum atomic E-state index is 11.5. The molecule has 1 N–H and O–H groups in total. The maximum Gasteiger partial charge on any atom is 0.244 e. The SMILES string of the molecule is C=C(C)COCCNC(=O)/C=C/c1cccc(C#N)c1. The van der Waals surface area contributed by atoms with Crippen LogP contribution in [0.3, 0.4) is 0 Å². The number of amides is 1. The summed E-state index contributed by atoms with van der Waals surface area (Å²) in [5.41, 5.74) is 2.34. The van der Waals surface area contributed by atoms with Gasteiger partial charge in [0, 0.05) is 12.6 Å². The third kappa shape index (κ3) is 6.53. The summed E-state index contributed by atoms with van der Waals surface area (Å²) in [5.74, 6) is -0.189. The minimum atomic E-state index is -0.189. The van der Waals surface area contributed by atoms with Gasteiger partial charge in [0.1, 0.15) is 0 Å². The van der Waals surface area contributed by atoms with Crippen LogP contribution in [-0.4, -0.2) is 25.7 Å². The fourth-order valence-corrected chi connectivity index (χ4v) is 1.44. The zero-order chi connectivity index (χ0) is 14.8. The Morgan fingerprint density at radius 1 is 1.55 bits per heavy atom. The fourth-order valence-electron chi connectivity index (χ4n) is 1.44. The van der Waals surface area contributed by atoms with E-state index < -0.39 is 0 Å². The molecule has 0 aromatic heterocycles. The summed E-state index contributed by atoms with van der Waals surface area (Å²) in [5, 5.41) is 11.5. The second kappa shape index (κ2) is 8.68. The molecule has 4 heteroatoms. The Balaban J connectivity index is 2.32. The van der Waals surface area contributed by atoms with E-state index in [2.05, 4.69) is 18.0 Å². The molecule has 0 fully saturated rings. The highest BCUT2D eigenvalue weighted by atomic mass is 16.5. The van der Waals surface area contributed by atoms with Crippen LogP contribution in [-0.2, 0) is 9.53 Å². The summed E-state index contributed by atoms with van der Waals surface area (Å²) in [4.78, 5) is 11.5. The van der Waals surface area contributed by atoms with Crippen LogP contribution in [0.15, 0.2) is 42.5 Å². The molecule has 0 saturated heterocycles. The van der Waals surface area contributed by atoms with Crippen molar-refractivity contribution >= 4 is 12.0 Å². The molecule has 0 aliphatic heterocycles. The zero-order valence-corrected chi connectivity index (χ0v) is 11.6. The monoisotopic (exact) mass is 270 g/mol. The van der Waals surface area contributed by atoms with Crippen LogP contribution in [0.25, 0.3) is 6.08 Å².